The van der Waals surface area contributed by atoms with Crippen LogP contribution in [0.4, 0.5) is 5.69 Å². The first-order chi connectivity index (χ1) is 12.1. The molecular weight excluding hydrogens is 336 g/mol. The van der Waals surface area contributed by atoms with Crippen molar-refractivity contribution in [3.8, 4) is 0 Å². The van der Waals surface area contributed by atoms with Crippen LogP contribution in [0.25, 0.3) is 0 Å². The molecule has 0 spiro atoms. The summed E-state index contributed by atoms with van der Waals surface area (Å²) >= 11 is 6.02. The molecule has 2 aromatic carbocycles. The van der Waals surface area contributed by atoms with Crippen molar-refractivity contribution < 1.29 is 9.59 Å². The molecule has 25 heavy (non-hydrogen) atoms. The minimum atomic E-state index is -0.354. The summed E-state index contributed by atoms with van der Waals surface area (Å²) in [6.07, 6.45) is 2.89. The Balaban J connectivity index is 1.71. The van der Waals surface area contributed by atoms with Gasteiger partial charge >= 0.3 is 0 Å². The average Bonchev–Trinajstić information content (AvgIpc) is 2.62. The summed E-state index contributed by atoms with van der Waals surface area (Å²) in [6, 6.07) is 14.5. The Labute approximate surface area is 151 Å². The summed E-state index contributed by atoms with van der Waals surface area (Å²) in [7, 11) is 0. The van der Waals surface area contributed by atoms with Gasteiger partial charge in [-0.1, -0.05) is 35.9 Å². The van der Waals surface area contributed by atoms with Gasteiger partial charge in [0.05, 0.1) is 5.92 Å². The Morgan fingerprint density at radius 1 is 1.12 bits per heavy atom. The minimum Gasteiger partial charge on any atom is -0.335 e. The third-order valence-electron chi connectivity index (χ3n) is 5.10. The van der Waals surface area contributed by atoms with E-state index in [0.717, 1.165) is 31.4 Å². The first-order valence-corrected chi connectivity index (χ1v) is 8.99. The van der Waals surface area contributed by atoms with Crippen LogP contribution in [0.2, 0.25) is 5.02 Å². The lowest BCUT2D eigenvalue weighted by atomic mass is 9.78. The summed E-state index contributed by atoms with van der Waals surface area (Å²) < 4.78 is 0. The molecule has 0 aliphatic carbocycles. The number of rotatable bonds is 2. The van der Waals surface area contributed by atoms with Gasteiger partial charge in [-0.25, -0.2) is 0 Å². The molecule has 1 N–H and O–H groups in total. The Morgan fingerprint density at radius 2 is 1.96 bits per heavy atom. The van der Waals surface area contributed by atoms with Crippen LogP contribution in [0.1, 0.15) is 41.1 Å². The topological polar surface area (TPSA) is 49.4 Å². The van der Waals surface area contributed by atoms with E-state index in [4.69, 9.17) is 11.6 Å². The summed E-state index contributed by atoms with van der Waals surface area (Å²) in [5.74, 6) is -0.389. The van der Waals surface area contributed by atoms with Gasteiger partial charge in [0.2, 0.25) is 5.91 Å². The number of hydrogen-bond donors (Lipinski definition) is 1. The molecule has 4 rings (SSSR count). The number of carbonyl (C=O) groups excluding carboxylic acids is 2. The van der Waals surface area contributed by atoms with E-state index in [1.54, 1.807) is 12.1 Å². The zero-order valence-corrected chi connectivity index (χ0v) is 14.5. The van der Waals surface area contributed by atoms with Crippen LogP contribution < -0.4 is 5.32 Å². The Bertz CT molecular complexity index is 836. The standard InChI is InChI=1S/C20H19ClN2O2/c21-13-6-5-7-14(12-13)22-19(24)18-15-8-1-2-9-16(15)20(25)23-11-4-3-10-17(18)23/h1-2,5-9,12,17-18H,3-4,10-11H2,(H,22,24). The Hall–Kier alpha value is -2.33. The van der Waals surface area contributed by atoms with Crippen molar-refractivity contribution in [1.82, 2.24) is 4.90 Å². The summed E-state index contributed by atoms with van der Waals surface area (Å²) in [4.78, 5) is 27.8. The van der Waals surface area contributed by atoms with Crippen LogP contribution in [0.3, 0.4) is 0 Å². The van der Waals surface area contributed by atoms with E-state index in [-0.39, 0.29) is 23.8 Å². The van der Waals surface area contributed by atoms with Gasteiger partial charge in [-0.2, -0.15) is 0 Å². The first kappa shape index (κ1) is 16.2. The molecule has 128 valence electrons. The third kappa shape index (κ3) is 2.91. The maximum absolute atomic E-state index is 13.1. The van der Waals surface area contributed by atoms with Crippen molar-refractivity contribution in [2.45, 2.75) is 31.2 Å². The molecule has 4 nitrogen and oxygen atoms in total. The van der Waals surface area contributed by atoms with Gasteiger partial charge in [-0.15, -0.1) is 0 Å². The van der Waals surface area contributed by atoms with E-state index in [2.05, 4.69) is 5.32 Å². The second-order valence-corrected chi connectivity index (χ2v) is 7.06. The molecule has 2 aromatic rings. The number of nitrogens with one attached hydrogen (secondary N) is 1. The first-order valence-electron chi connectivity index (χ1n) is 8.61. The van der Waals surface area contributed by atoms with E-state index < -0.39 is 0 Å². The fraction of sp³-hybridized carbons (Fsp3) is 0.300. The van der Waals surface area contributed by atoms with Gasteiger partial charge in [0.15, 0.2) is 0 Å². The van der Waals surface area contributed by atoms with Gasteiger partial charge in [-0.3, -0.25) is 9.59 Å². The van der Waals surface area contributed by atoms with Gasteiger partial charge in [-0.05, 0) is 49.1 Å². The predicted molar refractivity (Wildman–Crippen MR) is 97.9 cm³/mol. The minimum absolute atomic E-state index is 0.0482. The molecule has 5 heteroatoms. The molecular formula is C20H19ClN2O2. The highest BCUT2D eigenvalue weighted by atomic mass is 35.5. The lowest BCUT2D eigenvalue weighted by molar-refractivity contribution is -0.119. The number of anilines is 1. The van der Waals surface area contributed by atoms with Crippen LogP contribution in [-0.2, 0) is 4.79 Å². The molecule has 0 aromatic heterocycles. The van der Waals surface area contributed by atoms with Crippen molar-refractivity contribution >= 4 is 29.1 Å². The van der Waals surface area contributed by atoms with Crippen LogP contribution in [0.15, 0.2) is 48.5 Å². The monoisotopic (exact) mass is 354 g/mol. The molecule has 2 unspecified atom stereocenters. The summed E-state index contributed by atoms with van der Waals surface area (Å²) in [6.45, 7) is 0.721. The van der Waals surface area contributed by atoms with Crippen molar-refractivity contribution in [2.24, 2.45) is 0 Å². The van der Waals surface area contributed by atoms with Gasteiger partial charge in [0.1, 0.15) is 0 Å². The predicted octanol–water partition coefficient (Wildman–Crippen LogP) is 4.07. The number of piperidine rings is 1. The molecule has 0 saturated carbocycles. The Kier molecular flexibility index (Phi) is 4.22. The second-order valence-electron chi connectivity index (χ2n) is 6.63. The normalized spacial score (nSPS) is 22.1. The van der Waals surface area contributed by atoms with E-state index in [0.29, 0.717) is 16.3 Å². The third-order valence-corrected chi connectivity index (χ3v) is 5.33. The van der Waals surface area contributed by atoms with Crippen molar-refractivity contribution in [3.63, 3.8) is 0 Å². The highest BCUT2D eigenvalue weighted by molar-refractivity contribution is 6.30. The molecule has 2 aliphatic heterocycles. The van der Waals surface area contributed by atoms with Crippen molar-refractivity contribution in [1.29, 1.82) is 0 Å². The van der Waals surface area contributed by atoms with E-state index in [1.165, 1.54) is 0 Å². The summed E-state index contributed by atoms with van der Waals surface area (Å²) in [5.41, 5.74) is 2.15. The molecule has 0 radical (unpaired) electrons. The molecule has 1 fully saturated rings. The lowest BCUT2D eigenvalue weighted by Gasteiger charge is -2.44. The second kappa shape index (κ2) is 6.52. The number of halogens is 1. The fourth-order valence-electron chi connectivity index (χ4n) is 3.98. The molecule has 2 amide bonds. The molecule has 2 aliphatic rings. The maximum Gasteiger partial charge on any atom is 0.254 e. The highest BCUT2D eigenvalue weighted by Crippen LogP contribution is 2.38. The van der Waals surface area contributed by atoms with E-state index >= 15 is 0 Å². The van der Waals surface area contributed by atoms with Gasteiger partial charge in [0, 0.05) is 28.9 Å². The summed E-state index contributed by atoms with van der Waals surface area (Å²) in [5, 5.41) is 3.56. The van der Waals surface area contributed by atoms with Crippen LogP contribution in [-0.4, -0.2) is 29.3 Å². The van der Waals surface area contributed by atoms with E-state index in [9.17, 15) is 9.59 Å². The van der Waals surface area contributed by atoms with E-state index in [1.807, 2.05) is 41.3 Å². The molecule has 1 saturated heterocycles. The SMILES string of the molecule is O=C(Nc1cccc(Cl)c1)C1c2ccccc2C(=O)N2CCCCC12. The lowest BCUT2D eigenvalue weighted by Crippen LogP contribution is -2.53. The number of hydrogen-bond acceptors (Lipinski definition) is 2. The largest absolute Gasteiger partial charge is 0.335 e. The Morgan fingerprint density at radius 3 is 2.80 bits per heavy atom. The zero-order valence-electron chi connectivity index (χ0n) is 13.7. The smallest absolute Gasteiger partial charge is 0.254 e. The molecule has 0 bridgehead atoms. The van der Waals surface area contributed by atoms with Crippen LogP contribution >= 0.6 is 11.6 Å². The molecule has 2 heterocycles. The quantitative estimate of drug-likeness (QED) is 0.883. The maximum atomic E-state index is 13.1. The average molecular weight is 355 g/mol. The van der Waals surface area contributed by atoms with Crippen LogP contribution in [0.5, 0.6) is 0 Å². The number of amides is 2. The fourth-order valence-corrected chi connectivity index (χ4v) is 4.17. The number of benzene rings is 2. The van der Waals surface area contributed by atoms with Crippen LogP contribution in [0, 0.1) is 0 Å². The number of nitrogens with zero attached hydrogens (tertiary/aromatic N) is 1. The number of fused-ring (bicyclic) bond motifs is 2. The van der Waals surface area contributed by atoms with Gasteiger partial charge < -0.3 is 10.2 Å². The van der Waals surface area contributed by atoms with Crippen molar-refractivity contribution in [3.05, 3.63) is 64.7 Å². The van der Waals surface area contributed by atoms with Gasteiger partial charge in [0.25, 0.3) is 5.91 Å². The molecule has 2 atom stereocenters. The highest BCUT2D eigenvalue weighted by Gasteiger charge is 2.43. The zero-order chi connectivity index (χ0) is 17.4. The number of carbonyl (C=O) groups is 2. The van der Waals surface area contributed by atoms with Crippen molar-refractivity contribution in [2.75, 3.05) is 11.9 Å².